The van der Waals surface area contributed by atoms with Gasteiger partial charge in [-0.3, -0.25) is 0 Å². The second kappa shape index (κ2) is 4.93. The van der Waals surface area contributed by atoms with E-state index in [2.05, 4.69) is 16.6 Å². The van der Waals surface area contributed by atoms with Crippen LogP contribution in [0.2, 0.25) is 0 Å². The first kappa shape index (κ1) is 12.0. The van der Waals surface area contributed by atoms with Gasteiger partial charge in [-0.1, -0.05) is 6.07 Å². The largest absolute Gasteiger partial charge is 0.508 e. The SMILES string of the molecule is COc1ccc(O)c(C2CC(c3cccs3)=NN2)c1. The first-order valence-electron chi connectivity index (χ1n) is 6.01. The second-order valence-electron chi connectivity index (χ2n) is 4.35. The van der Waals surface area contributed by atoms with E-state index in [1.165, 1.54) is 0 Å². The van der Waals surface area contributed by atoms with Crippen molar-refractivity contribution in [2.75, 3.05) is 7.11 Å². The van der Waals surface area contributed by atoms with Gasteiger partial charge in [-0.2, -0.15) is 5.10 Å². The summed E-state index contributed by atoms with van der Waals surface area (Å²) in [6.07, 6.45) is 0.765. The van der Waals surface area contributed by atoms with Crippen molar-refractivity contribution in [2.45, 2.75) is 12.5 Å². The molecule has 0 spiro atoms. The van der Waals surface area contributed by atoms with Gasteiger partial charge in [0.1, 0.15) is 11.5 Å². The number of methoxy groups -OCH3 is 1. The molecule has 19 heavy (non-hydrogen) atoms. The van der Waals surface area contributed by atoms with E-state index < -0.39 is 0 Å². The molecule has 0 aliphatic carbocycles. The molecule has 0 fully saturated rings. The maximum absolute atomic E-state index is 9.96. The van der Waals surface area contributed by atoms with Gasteiger partial charge in [0.05, 0.1) is 23.7 Å². The lowest BCUT2D eigenvalue weighted by molar-refractivity contribution is 0.408. The van der Waals surface area contributed by atoms with Crippen molar-refractivity contribution in [2.24, 2.45) is 5.10 Å². The minimum atomic E-state index is -0.00722. The summed E-state index contributed by atoms with van der Waals surface area (Å²) in [7, 11) is 1.62. The molecule has 0 radical (unpaired) electrons. The third-order valence-electron chi connectivity index (χ3n) is 3.17. The topological polar surface area (TPSA) is 53.9 Å². The monoisotopic (exact) mass is 274 g/mol. The fraction of sp³-hybridized carbons (Fsp3) is 0.214. The van der Waals surface area contributed by atoms with Crippen LogP contribution in [0, 0.1) is 0 Å². The molecule has 4 nitrogen and oxygen atoms in total. The highest BCUT2D eigenvalue weighted by Crippen LogP contribution is 2.33. The van der Waals surface area contributed by atoms with Crippen LogP contribution in [0.15, 0.2) is 40.8 Å². The molecule has 3 rings (SSSR count). The smallest absolute Gasteiger partial charge is 0.121 e. The number of benzene rings is 1. The normalized spacial score (nSPS) is 17.9. The summed E-state index contributed by atoms with van der Waals surface area (Å²) in [5.41, 5.74) is 4.93. The van der Waals surface area contributed by atoms with Crippen molar-refractivity contribution in [3.63, 3.8) is 0 Å². The molecule has 2 aromatic rings. The maximum Gasteiger partial charge on any atom is 0.121 e. The van der Waals surface area contributed by atoms with Crippen molar-refractivity contribution in [3.8, 4) is 11.5 Å². The Morgan fingerprint density at radius 3 is 3.05 bits per heavy atom. The number of nitrogens with zero attached hydrogens (tertiary/aromatic N) is 1. The highest BCUT2D eigenvalue weighted by atomic mass is 32.1. The van der Waals surface area contributed by atoms with Crippen molar-refractivity contribution in [1.82, 2.24) is 5.43 Å². The Hall–Kier alpha value is -2.01. The number of hydrogen-bond donors (Lipinski definition) is 2. The molecule has 1 aromatic heterocycles. The van der Waals surface area contributed by atoms with Crippen LogP contribution in [-0.2, 0) is 0 Å². The fourth-order valence-corrected chi connectivity index (χ4v) is 2.88. The third-order valence-corrected chi connectivity index (χ3v) is 4.09. The Balaban J connectivity index is 1.83. The zero-order valence-electron chi connectivity index (χ0n) is 10.5. The number of rotatable bonds is 3. The summed E-state index contributed by atoms with van der Waals surface area (Å²) in [5.74, 6) is 1.00. The summed E-state index contributed by atoms with van der Waals surface area (Å²) in [5, 5.41) is 16.4. The van der Waals surface area contributed by atoms with E-state index in [0.29, 0.717) is 0 Å². The summed E-state index contributed by atoms with van der Waals surface area (Å²) >= 11 is 1.67. The van der Waals surface area contributed by atoms with E-state index in [1.807, 2.05) is 17.5 Å². The van der Waals surface area contributed by atoms with Gasteiger partial charge in [-0.15, -0.1) is 11.3 Å². The van der Waals surface area contributed by atoms with E-state index >= 15 is 0 Å². The van der Waals surface area contributed by atoms with Crippen LogP contribution in [0.3, 0.4) is 0 Å². The number of ether oxygens (including phenoxy) is 1. The average molecular weight is 274 g/mol. The molecule has 2 N–H and O–H groups in total. The molecule has 0 bridgehead atoms. The molecule has 5 heteroatoms. The van der Waals surface area contributed by atoms with Crippen molar-refractivity contribution in [1.29, 1.82) is 0 Å². The summed E-state index contributed by atoms with van der Waals surface area (Å²) in [6, 6.07) is 9.30. The van der Waals surface area contributed by atoms with E-state index in [0.717, 1.165) is 28.3 Å². The number of hydrazone groups is 1. The number of hydrogen-bond acceptors (Lipinski definition) is 5. The molecular formula is C14H14N2O2S. The van der Waals surface area contributed by atoms with E-state index in [1.54, 1.807) is 30.6 Å². The zero-order chi connectivity index (χ0) is 13.2. The second-order valence-corrected chi connectivity index (χ2v) is 5.29. The Labute approximate surface area is 115 Å². The van der Waals surface area contributed by atoms with E-state index in [-0.39, 0.29) is 11.8 Å². The molecule has 2 heterocycles. The molecule has 0 saturated carbocycles. The number of phenols is 1. The molecule has 1 aliphatic heterocycles. The van der Waals surface area contributed by atoms with Crippen LogP contribution in [0.25, 0.3) is 0 Å². The molecule has 0 saturated heterocycles. The van der Waals surface area contributed by atoms with E-state index in [4.69, 9.17) is 4.74 Å². The highest BCUT2D eigenvalue weighted by molar-refractivity contribution is 7.12. The van der Waals surface area contributed by atoms with Crippen LogP contribution in [0.4, 0.5) is 0 Å². The summed E-state index contributed by atoms with van der Waals surface area (Å²) in [4.78, 5) is 1.16. The first-order chi connectivity index (χ1) is 9.28. The number of thiophene rings is 1. The lowest BCUT2D eigenvalue weighted by Crippen LogP contribution is -2.10. The van der Waals surface area contributed by atoms with Gasteiger partial charge >= 0.3 is 0 Å². The van der Waals surface area contributed by atoms with Gasteiger partial charge in [0.15, 0.2) is 0 Å². The zero-order valence-corrected chi connectivity index (χ0v) is 11.3. The molecule has 1 atom stereocenters. The van der Waals surface area contributed by atoms with Gasteiger partial charge in [-0.05, 0) is 29.6 Å². The third kappa shape index (κ3) is 2.29. The quantitative estimate of drug-likeness (QED) is 0.905. The first-order valence-corrected chi connectivity index (χ1v) is 6.89. The standard InChI is InChI=1S/C14H14N2O2S/c1-18-9-4-5-13(17)10(7-9)11-8-12(16-15-11)14-3-2-6-19-14/h2-7,11,15,17H,8H2,1H3. The molecular weight excluding hydrogens is 260 g/mol. The van der Waals surface area contributed by atoms with Gasteiger partial charge in [-0.25, -0.2) is 0 Å². The minimum Gasteiger partial charge on any atom is -0.508 e. The number of phenolic OH excluding ortho intramolecular Hbond substituents is 1. The maximum atomic E-state index is 9.96. The molecule has 98 valence electrons. The van der Waals surface area contributed by atoms with E-state index in [9.17, 15) is 5.11 Å². The average Bonchev–Trinajstić information content (AvgIpc) is 3.10. The minimum absolute atomic E-state index is 0.00722. The Morgan fingerprint density at radius 1 is 1.42 bits per heavy atom. The highest BCUT2D eigenvalue weighted by Gasteiger charge is 2.24. The molecule has 1 aromatic carbocycles. The van der Waals surface area contributed by atoms with Crippen molar-refractivity contribution < 1.29 is 9.84 Å². The van der Waals surface area contributed by atoms with Crippen LogP contribution in [0.1, 0.15) is 22.9 Å². The van der Waals surface area contributed by atoms with Crippen molar-refractivity contribution >= 4 is 17.0 Å². The van der Waals surface area contributed by atoms with Gasteiger partial charge in [0, 0.05) is 12.0 Å². The van der Waals surface area contributed by atoms with Crippen LogP contribution >= 0.6 is 11.3 Å². The number of nitrogens with one attached hydrogen (secondary N) is 1. The molecule has 1 aliphatic rings. The predicted molar refractivity (Wildman–Crippen MR) is 76.0 cm³/mol. The Bertz CT molecular complexity index is 608. The summed E-state index contributed by atoms with van der Waals surface area (Å²) < 4.78 is 5.19. The van der Waals surface area contributed by atoms with Crippen molar-refractivity contribution in [3.05, 3.63) is 46.2 Å². The van der Waals surface area contributed by atoms with Gasteiger partial charge in [0.2, 0.25) is 0 Å². The number of aromatic hydroxyl groups is 1. The summed E-state index contributed by atoms with van der Waals surface area (Å²) in [6.45, 7) is 0. The Morgan fingerprint density at radius 2 is 2.32 bits per heavy atom. The van der Waals surface area contributed by atoms with Crippen LogP contribution < -0.4 is 10.2 Å². The van der Waals surface area contributed by atoms with Gasteiger partial charge < -0.3 is 15.3 Å². The Kier molecular flexibility index (Phi) is 3.13. The fourth-order valence-electron chi connectivity index (χ4n) is 2.16. The lowest BCUT2D eigenvalue weighted by Gasteiger charge is -2.13. The molecule has 0 amide bonds. The molecule has 1 unspecified atom stereocenters. The van der Waals surface area contributed by atoms with Gasteiger partial charge in [0.25, 0.3) is 0 Å². The van der Waals surface area contributed by atoms with Crippen LogP contribution in [0.5, 0.6) is 11.5 Å². The predicted octanol–water partition coefficient (Wildman–Crippen LogP) is 2.90. The van der Waals surface area contributed by atoms with Crippen LogP contribution in [-0.4, -0.2) is 17.9 Å². The lowest BCUT2D eigenvalue weighted by atomic mass is 10.0.